The van der Waals surface area contributed by atoms with Gasteiger partial charge >= 0.3 is 32.1 Å². The summed E-state index contributed by atoms with van der Waals surface area (Å²) in [6, 6.07) is 0. The molecule has 4 radical (unpaired) electrons. The van der Waals surface area contributed by atoms with E-state index in [1.165, 1.54) is 0 Å². The van der Waals surface area contributed by atoms with Crippen molar-refractivity contribution in [2.45, 2.75) is 0 Å². The minimum absolute atomic E-state index is 0. The number of nitrogens with two attached hydrogens (primary N) is 2. The second-order valence-electron chi connectivity index (χ2n) is 0.831. The quantitative estimate of drug-likeness (QED) is 0.351. The van der Waals surface area contributed by atoms with Crippen LogP contribution >= 0.6 is 12.2 Å². The third-order valence-corrected chi connectivity index (χ3v) is 0. The Morgan fingerprint density at radius 2 is 1.10 bits per heavy atom. The fourth-order valence-electron chi connectivity index (χ4n) is 0. The molecule has 9 heteroatoms. The van der Waals surface area contributed by atoms with Crippen LogP contribution < -0.4 is 11.5 Å². The van der Waals surface area contributed by atoms with Gasteiger partial charge in [-0.15, -0.1) is 0 Å². The van der Waals surface area contributed by atoms with Gasteiger partial charge in [-0.05, 0) is 12.2 Å². The van der Waals surface area contributed by atoms with E-state index in [2.05, 4.69) is 23.7 Å². The Morgan fingerprint density at radius 1 is 1.10 bits per heavy atom. The van der Waals surface area contributed by atoms with Crippen LogP contribution in [0, 0.1) is 0 Å². The second kappa shape index (κ2) is 8.11. The smallest absolute Gasteiger partial charge is 0 e. The summed E-state index contributed by atoms with van der Waals surface area (Å²) in [5, 5.41) is 0.000000000000000222. The Morgan fingerprint density at radius 3 is 1.10 bits per heavy atom. The summed E-state index contributed by atoms with van der Waals surface area (Å²) >= 11 is -3.09. The second-order valence-corrected chi connectivity index (χ2v) is 3.75. The van der Waals surface area contributed by atoms with Gasteiger partial charge in [-0.3, -0.25) is 0 Å². The molecule has 0 heterocycles. The molecule has 0 fully saturated rings. The Kier molecular flexibility index (Phi) is 13.9. The van der Waals surface area contributed by atoms with Crippen molar-refractivity contribution in [3.63, 3.8) is 0 Å². The van der Waals surface area contributed by atoms with Crippen molar-refractivity contribution in [2.24, 2.45) is 11.5 Å². The maximum atomic E-state index is 9.90. The normalized spacial score (nSPS) is 8.40. The van der Waals surface area contributed by atoms with Crippen molar-refractivity contribution < 1.29 is 11.5 Å². The first-order valence-electron chi connectivity index (χ1n) is 1.54. The van der Waals surface area contributed by atoms with Crippen LogP contribution in [0.4, 0.5) is 11.5 Å². The van der Waals surface area contributed by atoms with Crippen molar-refractivity contribution in [3.8, 4) is 0 Å². The average molecular weight is 390 g/mol. The van der Waals surface area contributed by atoms with Crippen molar-refractivity contribution in [3.05, 3.63) is 0 Å². The molecular formula is CH4F4N2SSn2. The van der Waals surface area contributed by atoms with E-state index in [9.17, 15) is 11.5 Å². The largest absolute Gasteiger partial charge is 0 e. The van der Waals surface area contributed by atoms with E-state index in [0.717, 1.165) is 0 Å². The molecule has 0 unspecified atom stereocenters. The third kappa shape index (κ3) is 569. The summed E-state index contributed by atoms with van der Waals surface area (Å²) in [4.78, 5) is 0. The molecule has 0 saturated carbocycles. The third-order valence-electron chi connectivity index (χ3n) is 0. The summed E-state index contributed by atoms with van der Waals surface area (Å²) < 4.78 is 39.6. The van der Waals surface area contributed by atoms with Crippen LogP contribution in [-0.4, -0.2) is 49.7 Å². The van der Waals surface area contributed by atoms with Crippen LogP contribution in [0.2, 0.25) is 0 Å². The predicted octanol–water partition coefficient (Wildman–Crippen LogP) is 0.108. The molecule has 0 aromatic carbocycles. The standard InChI is InChI=1S/CH4N2S.4FH.2Sn/c2-1(3)4;;;;;;/h(H4,2,3,4);4*1H;;/q;;;;;;+4/p-4. The van der Waals surface area contributed by atoms with Gasteiger partial charge in [-0.2, -0.15) is 0 Å². The number of halogens is 4. The first kappa shape index (κ1) is 17.2. The van der Waals surface area contributed by atoms with Crippen molar-refractivity contribution in [1.29, 1.82) is 0 Å². The van der Waals surface area contributed by atoms with E-state index in [4.69, 9.17) is 0 Å². The van der Waals surface area contributed by atoms with Crippen LogP contribution in [0.25, 0.3) is 0 Å². The van der Waals surface area contributed by atoms with Gasteiger partial charge < -0.3 is 11.5 Å². The zero-order valence-electron chi connectivity index (χ0n) is 4.57. The van der Waals surface area contributed by atoms with E-state index in [1.54, 1.807) is 0 Å². The zero-order chi connectivity index (χ0) is 8.08. The van der Waals surface area contributed by atoms with Crippen molar-refractivity contribution in [2.75, 3.05) is 0 Å². The molecule has 0 amide bonds. The molecule has 60 valence electrons. The maximum absolute atomic E-state index is 9.90. The monoisotopic (exact) mass is 392 g/mol. The molecule has 0 aliphatic heterocycles. The van der Waals surface area contributed by atoms with E-state index >= 15 is 0 Å². The molecular weight excluding hydrogens is 386 g/mol. The summed E-state index contributed by atoms with van der Waals surface area (Å²) in [6.07, 6.45) is 0. The first-order chi connectivity index (χ1) is 3.73. The predicted molar refractivity (Wildman–Crippen MR) is 36.9 cm³/mol. The van der Waals surface area contributed by atoms with Gasteiger partial charge in [0.05, 0.1) is 0 Å². The van der Waals surface area contributed by atoms with E-state index in [1.807, 2.05) is 0 Å². The minimum atomic E-state index is -7.18. The molecule has 4 N–H and O–H groups in total. The topological polar surface area (TPSA) is 52.0 Å². The Bertz CT molecular complexity index is 83.7. The molecule has 10 heavy (non-hydrogen) atoms. The van der Waals surface area contributed by atoms with Crippen LogP contribution in [0.1, 0.15) is 0 Å². The average Bonchev–Trinajstić information content (AvgIpc) is 1.19. The Balaban J connectivity index is -0.0000000910. The maximum Gasteiger partial charge on any atom is 0 e. The minimum Gasteiger partial charge on any atom is 0 e. The van der Waals surface area contributed by atoms with Gasteiger partial charge in [0.2, 0.25) is 0 Å². The number of thiocarbonyl (C=S) groups is 1. The van der Waals surface area contributed by atoms with Gasteiger partial charge in [0.1, 0.15) is 0 Å². The molecule has 0 rings (SSSR count). The Labute approximate surface area is 84.3 Å². The molecule has 0 saturated heterocycles. The van der Waals surface area contributed by atoms with E-state index in [0.29, 0.717) is 0 Å². The molecule has 0 spiro atoms. The molecule has 0 aliphatic rings. The van der Waals surface area contributed by atoms with Crippen LogP contribution in [0.5, 0.6) is 0 Å². The molecule has 0 aromatic rings. The molecule has 0 aromatic heterocycles. The van der Waals surface area contributed by atoms with E-state index in [-0.39, 0.29) is 29.0 Å². The van der Waals surface area contributed by atoms with Crippen molar-refractivity contribution >= 4 is 61.9 Å². The van der Waals surface area contributed by atoms with Crippen LogP contribution in [-0.2, 0) is 0 Å². The van der Waals surface area contributed by atoms with Gasteiger partial charge in [-0.25, -0.2) is 0 Å². The molecule has 0 aliphatic carbocycles. The number of hydrogen-bond acceptors (Lipinski definition) is 1. The van der Waals surface area contributed by atoms with Crippen LogP contribution in [0.3, 0.4) is 0 Å². The van der Waals surface area contributed by atoms with Gasteiger partial charge in [0, 0.05) is 23.9 Å². The van der Waals surface area contributed by atoms with Gasteiger partial charge in [0.15, 0.2) is 5.11 Å². The molecule has 0 bridgehead atoms. The van der Waals surface area contributed by atoms with E-state index < -0.39 is 20.7 Å². The zero-order valence-corrected chi connectivity index (χ0v) is 11.1. The summed E-state index contributed by atoms with van der Waals surface area (Å²) in [5.41, 5.74) is 9.24. The Hall–Kier alpha value is 1.01. The van der Waals surface area contributed by atoms with Gasteiger partial charge in [0.25, 0.3) is 0 Å². The van der Waals surface area contributed by atoms with Gasteiger partial charge in [-0.1, -0.05) is 0 Å². The summed E-state index contributed by atoms with van der Waals surface area (Å²) in [7, 11) is 0. The SMILES string of the molecule is NC(N)=S.[F][Sn]([F])([F])[F].[Sn]. The summed E-state index contributed by atoms with van der Waals surface area (Å²) in [5.74, 6) is 0. The van der Waals surface area contributed by atoms with Crippen molar-refractivity contribution in [1.82, 2.24) is 0 Å². The summed E-state index contributed by atoms with van der Waals surface area (Å²) in [6.45, 7) is 0. The molecule has 2 nitrogen and oxygen atoms in total. The van der Waals surface area contributed by atoms with Crippen LogP contribution in [0.15, 0.2) is 0 Å². The first-order valence-corrected chi connectivity index (χ1v) is 6.26. The fourth-order valence-corrected chi connectivity index (χ4v) is 0. The molecule has 0 atom stereocenters. The number of hydrogen-bond donors (Lipinski definition) is 2. The fraction of sp³-hybridized carbons (Fsp3) is 0. The number of rotatable bonds is 0.